The topological polar surface area (TPSA) is 52.0 Å². The standard InChI is InChI=1S/C16H19FN2O/c1-15(2)13(16(15,3)4)12-11(14(18)19-20-12)9-7-5-6-8-10(9)17/h5-8,13H,1-4H3,(H2,18,19). The van der Waals surface area contributed by atoms with Crippen LogP contribution in [-0.2, 0) is 0 Å². The molecule has 1 aliphatic rings. The molecule has 20 heavy (non-hydrogen) atoms. The van der Waals surface area contributed by atoms with Gasteiger partial charge in [0.2, 0.25) is 0 Å². The number of benzene rings is 1. The van der Waals surface area contributed by atoms with E-state index in [0.29, 0.717) is 16.9 Å². The Bertz CT molecular complexity index is 659. The number of halogens is 1. The summed E-state index contributed by atoms with van der Waals surface area (Å²) in [7, 11) is 0. The zero-order valence-corrected chi connectivity index (χ0v) is 12.2. The van der Waals surface area contributed by atoms with Crippen LogP contribution >= 0.6 is 0 Å². The number of nitrogens with two attached hydrogens (primary N) is 1. The largest absolute Gasteiger partial charge is 0.380 e. The first-order valence-corrected chi connectivity index (χ1v) is 6.78. The van der Waals surface area contributed by atoms with Crippen LogP contribution in [0.15, 0.2) is 28.8 Å². The van der Waals surface area contributed by atoms with Gasteiger partial charge in [-0.1, -0.05) is 51.1 Å². The molecule has 1 aromatic heterocycles. The predicted octanol–water partition coefficient (Wildman–Crippen LogP) is 4.21. The third kappa shape index (κ3) is 1.54. The van der Waals surface area contributed by atoms with Crippen molar-refractivity contribution in [3.8, 4) is 11.1 Å². The van der Waals surface area contributed by atoms with Crippen LogP contribution in [0.5, 0.6) is 0 Å². The van der Waals surface area contributed by atoms with Crippen LogP contribution < -0.4 is 5.73 Å². The molecule has 0 aliphatic heterocycles. The summed E-state index contributed by atoms with van der Waals surface area (Å²) in [5.74, 6) is 0.834. The van der Waals surface area contributed by atoms with Gasteiger partial charge in [0.1, 0.15) is 5.82 Å². The second-order valence-electron chi connectivity index (χ2n) is 6.66. The van der Waals surface area contributed by atoms with E-state index in [4.69, 9.17) is 10.3 Å². The Morgan fingerprint density at radius 3 is 2.30 bits per heavy atom. The molecule has 0 atom stereocenters. The van der Waals surface area contributed by atoms with Gasteiger partial charge in [-0.3, -0.25) is 0 Å². The third-order valence-electron chi connectivity index (χ3n) is 5.17. The maximum absolute atomic E-state index is 14.1. The Morgan fingerprint density at radius 2 is 1.75 bits per heavy atom. The fourth-order valence-corrected chi connectivity index (χ4v) is 3.30. The maximum Gasteiger partial charge on any atom is 0.175 e. The highest BCUT2D eigenvalue weighted by Crippen LogP contribution is 2.74. The molecule has 4 heteroatoms. The monoisotopic (exact) mass is 274 g/mol. The van der Waals surface area contributed by atoms with E-state index in [1.165, 1.54) is 6.07 Å². The van der Waals surface area contributed by atoms with E-state index in [-0.39, 0.29) is 28.4 Å². The Morgan fingerprint density at radius 1 is 1.15 bits per heavy atom. The highest BCUT2D eigenvalue weighted by atomic mass is 19.1. The van der Waals surface area contributed by atoms with Gasteiger partial charge in [0.15, 0.2) is 11.6 Å². The fraction of sp³-hybridized carbons (Fsp3) is 0.438. The van der Waals surface area contributed by atoms with Crippen molar-refractivity contribution in [3.05, 3.63) is 35.8 Å². The number of nitrogens with zero attached hydrogens (tertiary/aromatic N) is 1. The van der Waals surface area contributed by atoms with Crippen molar-refractivity contribution in [2.24, 2.45) is 10.8 Å². The van der Waals surface area contributed by atoms with Crippen molar-refractivity contribution < 1.29 is 8.91 Å². The number of hydrogen-bond donors (Lipinski definition) is 1. The van der Waals surface area contributed by atoms with Crippen LogP contribution in [0.4, 0.5) is 10.2 Å². The molecule has 1 heterocycles. The molecular formula is C16H19FN2O. The van der Waals surface area contributed by atoms with Crippen molar-refractivity contribution >= 4 is 5.82 Å². The van der Waals surface area contributed by atoms with Crippen LogP contribution in [0.1, 0.15) is 39.4 Å². The lowest BCUT2D eigenvalue weighted by Gasteiger charge is -2.05. The minimum Gasteiger partial charge on any atom is -0.380 e. The van der Waals surface area contributed by atoms with Gasteiger partial charge in [-0.05, 0) is 16.9 Å². The molecule has 0 unspecified atom stereocenters. The van der Waals surface area contributed by atoms with Gasteiger partial charge >= 0.3 is 0 Å². The molecule has 0 spiro atoms. The summed E-state index contributed by atoms with van der Waals surface area (Å²) >= 11 is 0. The first kappa shape index (κ1) is 13.2. The maximum atomic E-state index is 14.1. The number of hydrogen-bond acceptors (Lipinski definition) is 3. The van der Waals surface area contributed by atoms with E-state index < -0.39 is 0 Å². The SMILES string of the molecule is CC1(C)C(c2onc(N)c2-c2ccccc2F)C1(C)C. The summed E-state index contributed by atoms with van der Waals surface area (Å²) in [6.07, 6.45) is 0. The first-order chi connectivity index (χ1) is 9.28. The molecule has 1 aromatic carbocycles. The van der Waals surface area contributed by atoms with Gasteiger partial charge in [-0.15, -0.1) is 0 Å². The molecule has 106 valence electrons. The summed E-state index contributed by atoms with van der Waals surface area (Å²) in [5, 5.41) is 3.86. The van der Waals surface area contributed by atoms with Crippen molar-refractivity contribution in [2.45, 2.75) is 33.6 Å². The van der Waals surface area contributed by atoms with Gasteiger partial charge in [0, 0.05) is 11.5 Å². The average Bonchev–Trinajstić information content (AvgIpc) is 2.65. The van der Waals surface area contributed by atoms with E-state index in [0.717, 1.165) is 0 Å². The Labute approximate surface area is 118 Å². The molecule has 1 saturated carbocycles. The van der Waals surface area contributed by atoms with Crippen LogP contribution in [0.2, 0.25) is 0 Å². The summed E-state index contributed by atoms with van der Waals surface area (Å²) < 4.78 is 19.5. The Hall–Kier alpha value is -1.84. The molecule has 1 fully saturated rings. The fourth-order valence-electron chi connectivity index (χ4n) is 3.30. The molecule has 0 radical (unpaired) electrons. The Kier molecular flexibility index (Phi) is 2.53. The average molecular weight is 274 g/mol. The van der Waals surface area contributed by atoms with Gasteiger partial charge in [-0.25, -0.2) is 4.39 Å². The highest BCUT2D eigenvalue weighted by Gasteiger charge is 2.67. The smallest absolute Gasteiger partial charge is 0.175 e. The second kappa shape index (κ2) is 3.84. The van der Waals surface area contributed by atoms with Crippen molar-refractivity contribution in [1.29, 1.82) is 0 Å². The summed E-state index contributed by atoms with van der Waals surface area (Å²) in [5.41, 5.74) is 7.14. The van der Waals surface area contributed by atoms with Gasteiger partial charge < -0.3 is 10.3 Å². The summed E-state index contributed by atoms with van der Waals surface area (Å²) in [4.78, 5) is 0. The van der Waals surface area contributed by atoms with Gasteiger partial charge in [0.25, 0.3) is 0 Å². The van der Waals surface area contributed by atoms with Crippen LogP contribution in [0.3, 0.4) is 0 Å². The lowest BCUT2D eigenvalue weighted by Crippen LogP contribution is -1.95. The normalized spacial score (nSPS) is 20.1. The quantitative estimate of drug-likeness (QED) is 0.892. The zero-order chi connectivity index (χ0) is 14.7. The molecule has 0 amide bonds. The number of aromatic nitrogens is 1. The van der Waals surface area contributed by atoms with Crippen LogP contribution in [0.25, 0.3) is 11.1 Å². The molecular weight excluding hydrogens is 255 g/mol. The minimum absolute atomic E-state index is 0.0823. The number of anilines is 1. The van der Waals surface area contributed by atoms with Crippen molar-refractivity contribution in [3.63, 3.8) is 0 Å². The molecule has 0 bridgehead atoms. The van der Waals surface area contributed by atoms with Crippen molar-refractivity contribution in [2.75, 3.05) is 5.73 Å². The molecule has 1 aliphatic carbocycles. The molecule has 3 rings (SSSR count). The lowest BCUT2D eigenvalue weighted by atomic mass is 10.00. The van der Waals surface area contributed by atoms with E-state index in [9.17, 15) is 4.39 Å². The van der Waals surface area contributed by atoms with E-state index in [2.05, 4.69) is 32.9 Å². The third-order valence-corrected chi connectivity index (χ3v) is 5.17. The van der Waals surface area contributed by atoms with Gasteiger partial charge in [-0.2, -0.15) is 0 Å². The van der Waals surface area contributed by atoms with Crippen LogP contribution in [0, 0.1) is 16.6 Å². The molecule has 2 aromatic rings. The molecule has 3 nitrogen and oxygen atoms in total. The van der Waals surface area contributed by atoms with Crippen LogP contribution in [-0.4, -0.2) is 5.16 Å². The summed E-state index contributed by atoms with van der Waals surface area (Å²) in [6.45, 7) is 8.73. The lowest BCUT2D eigenvalue weighted by molar-refractivity contribution is 0.374. The first-order valence-electron chi connectivity index (χ1n) is 6.78. The van der Waals surface area contributed by atoms with Gasteiger partial charge in [0.05, 0.1) is 5.56 Å². The number of rotatable bonds is 2. The van der Waals surface area contributed by atoms with E-state index >= 15 is 0 Å². The highest BCUT2D eigenvalue weighted by molar-refractivity contribution is 5.77. The van der Waals surface area contributed by atoms with E-state index in [1.54, 1.807) is 18.2 Å². The molecule has 0 saturated heterocycles. The molecule has 2 N–H and O–H groups in total. The zero-order valence-electron chi connectivity index (χ0n) is 12.2. The summed E-state index contributed by atoms with van der Waals surface area (Å²) in [6, 6.07) is 6.59. The predicted molar refractivity (Wildman–Crippen MR) is 76.6 cm³/mol. The Balaban J connectivity index is 2.16. The number of nitrogen functional groups attached to an aromatic ring is 1. The minimum atomic E-state index is -0.306. The van der Waals surface area contributed by atoms with E-state index in [1.807, 2.05) is 0 Å². The second-order valence-corrected chi connectivity index (χ2v) is 6.66. The van der Waals surface area contributed by atoms with Crippen molar-refractivity contribution in [1.82, 2.24) is 5.16 Å².